The molecule has 2 aromatic heterocycles. The number of hydrogen-bond acceptors (Lipinski definition) is 8. The molecule has 1 fully saturated rings. The Kier molecular flexibility index (Phi) is 6.74. The van der Waals surface area contributed by atoms with Gasteiger partial charge in [-0.1, -0.05) is 26.0 Å². The topological polar surface area (TPSA) is 83.0 Å². The first kappa shape index (κ1) is 23.9. The van der Waals surface area contributed by atoms with Crippen molar-refractivity contribution in [2.24, 2.45) is 0 Å². The molecule has 0 bridgehead atoms. The third kappa shape index (κ3) is 5.16. The number of likely N-dealkylation sites (tertiary alicyclic amines) is 1. The van der Waals surface area contributed by atoms with Gasteiger partial charge in [-0.15, -0.1) is 10.2 Å². The second kappa shape index (κ2) is 10.5. The number of fused-ring (bicyclic) bond motifs is 2. The Morgan fingerprint density at radius 3 is 2.62 bits per heavy atom. The van der Waals surface area contributed by atoms with E-state index in [9.17, 15) is 0 Å². The first-order valence-electron chi connectivity index (χ1n) is 13.2. The molecule has 0 amide bonds. The lowest BCUT2D eigenvalue weighted by atomic mass is 9.89. The normalized spacial score (nSPS) is 16.5. The Labute approximate surface area is 216 Å². The van der Waals surface area contributed by atoms with Crippen molar-refractivity contribution in [3.05, 3.63) is 53.9 Å². The van der Waals surface area contributed by atoms with Crippen LogP contribution in [0.1, 0.15) is 56.4 Å². The lowest BCUT2D eigenvalue weighted by Crippen LogP contribution is -2.34. The van der Waals surface area contributed by atoms with E-state index in [0.717, 1.165) is 67.1 Å². The van der Waals surface area contributed by atoms with Gasteiger partial charge in [0, 0.05) is 18.5 Å². The third-order valence-electron chi connectivity index (χ3n) is 7.17. The fraction of sp³-hybridized carbons (Fsp3) is 0.448. The van der Waals surface area contributed by atoms with Crippen molar-refractivity contribution < 1.29 is 23.0 Å². The predicted molar refractivity (Wildman–Crippen MR) is 140 cm³/mol. The van der Waals surface area contributed by atoms with Crippen LogP contribution >= 0.6 is 0 Å². The van der Waals surface area contributed by atoms with E-state index in [0.29, 0.717) is 43.3 Å². The minimum Gasteiger partial charge on any atom is -0.493 e. The monoisotopic (exact) mass is 503 g/mol. The number of furan rings is 1. The average Bonchev–Trinajstić information content (AvgIpc) is 3.59. The predicted octanol–water partition coefficient (Wildman–Crippen LogP) is 6.03. The molecule has 0 saturated carbocycles. The van der Waals surface area contributed by atoms with Crippen LogP contribution in [0, 0.1) is 0 Å². The van der Waals surface area contributed by atoms with Gasteiger partial charge in [0.15, 0.2) is 17.3 Å². The van der Waals surface area contributed by atoms with E-state index >= 15 is 0 Å². The van der Waals surface area contributed by atoms with Crippen LogP contribution < -0.4 is 14.2 Å². The summed E-state index contributed by atoms with van der Waals surface area (Å²) in [5.74, 6) is 4.87. The number of piperidine rings is 1. The lowest BCUT2D eigenvalue weighted by Gasteiger charge is -2.32. The van der Waals surface area contributed by atoms with Crippen LogP contribution in [-0.4, -0.2) is 54.6 Å². The number of aromatic nitrogens is 2. The molecule has 4 heterocycles. The van der Waals surface area contributed by atoms with E-state index < -0.39 is 0 Å². The number of ether oxygens (including phenoxy) is 3. The van der Waals surface area contributed by atoms with E-state index in [1.54, 1.807) is 0 Å². The van der Waals surface area contributed by atoms with Gasteiger partial charge in [-0.05, 0) is 68.1 Å². The Bertz CT molecular complexity index is 1350. The van der Waals surface area contributed by atoms with Crippen LogP contribution in [-0.2, 0) is 0 Å². The van der Waals surface area contributed by atoms with Gasteiger partial charge in [-0.2, -0.15) is 0 Å². The van der Waals surface area contributed by atoms with Gasteiger partial charge in [0.05, 0.1) is 12.0 Å². The van der Waals surface area contributed by atoms with Gasteiger partial charge in [0.1, 0.15) is 24.5 Å². The summed E-state index contributed by atoms with van der Waals surface area (Å²) < 4.78 is 29.3. The van der Waals surface area contributed by atoms with Gasteiger partial charge in [0.25, 0.3) is 5.89 Å². The molecule has 0 spiro atoms. The van der Waals surface area contributed by atoms with Crippen molar-refractivity contribution >= 4 is 11.0 Å². The smallest absolute Gasteiger partial charge is 0.283 e. The van der Waals surface area contributed by atoms with Crippen LogP contribution in [0.5, 0.6) is 17.2 Å². The Balaban J connectivity index is 1.000. The summed E-state index contributed by atoms with van der Waals surface area (Å²) in [5.41, 5.74) is 2.11. The van der Waals surface area contributed by atoms with Crippen molar-refractivity contribution in [1.29, 1.82) is 0 Å². The molecule has 4 aromatic rings. The summed E-state index contributed by atoms with van der Waals surface area (Å²) >= 11 is 0. The Morgan fingerprint density at radius 1 is 0.973 bits per heavy atom. The van der Waals surface area contributed by atoms with Gasteiger partial charge >= 0.3 is 0 Å². The molecule has 37 heavy (non-hydrogen) atoms. The summed E-state index contributed by atoms with van der Waals surface area (Å²) in [5, 5.41) is 9.16. The fourth-order valence-electron chi connectivity index (χ4n) is 5.11. The molecule has 0 aliphatic carbocycles. The van der Waals surface area contributed by atoms with Crippen molar-refractivity contribution in [2.45, 2.75) is 44.9 Å². The van der Waals surface area contributed by atoms with Crippen LogP contribution in [0.3, 0.4) is 0 Å². The maximum Gasteiger partial charge on any atom is 0.283 e. The van der Waals surface area contributed by atoms with E-state index in [2.05, 4.69) is 33.3 Å². The standard InChI is InChI=1S/C29H33N3O5/c1-19(2)28-30-31-29(37-28)27-18-22-23(5-3-6-24(22)36-27)33-14-4-11-32-12-9-20(10-13-32)21-7-8-25-26(17-21)35-16-15-34-25/h3,5-8,17-20H,4,9-16H2,1-2H3. The van der Waals surface area contributed by atoms with E-state index in [-0.39, 0.29) is 5.92 Å². The Morgan fingerprint density at radius 2 is 1.81 bits per heavy atom. The summed E-state index contributed by atoms with van der Waals surface area (Å²) in [4.78, 5) is 2.54. The zero-order chi connectivity index (χ0) is 25.2. The zero-order valence-electron chi connectivity index (χ0n) is 21.4. The van der Waals surface area contributed by atoms with Gasteiger partial charge in [-0.25, -0.2) is 0 Å². The summed E-state index contributed by atoms with van der Waals surface area (Å²) in [7, 11) is 0. The summed E-state index contributed by atoms with van der Waals surface area (Å²) in [6.45, 7) is 9.18. The second-order valence-corrected chi connectivity index (χ2v) is 10.1. The maximum absolute atomic E-state index is 6.17. The van der Waals surface area contributed by atoms with Crippen LogP contribution in [0.25, 0.3) is 22.6 Å². The van der Waals surface area contributed by atoms with Crippen molar-refractivity contribution in [3.8, 4) is 28.9 Å². The second-order valence-electron chi connectivity index (χ2n) is 10.1. The highest BCUT2D eigenvalue weighted by atomic mass is 16.6. The number of hydrogen-bond donors (Lipinski definition) is 0. The minimum absolute atomic E-state index is 0.170. The van der Waals surface area contributed by atoms with Crippen LogP contribution in [0.2, 0.25) is 0 Å². The highest BCUT2D eigenvalue weighted by Gasteiger charge is 2.23. The largest absolute Gasteiger partial charge is 0.493 e. The molecular weight excluding hydrogens is 470 g/mol. The SMILES string of the molecule is CC(C)c1nnc(-c2cc3c(OCCCN4CCC(c5ccc6c(c5)OCCO6)CC4)cccc3o2)o1. The molecule has 0 N–H and O–H groups in total. The van der Waals surface area contributed by atoms with Crippen molar-refractivity contribution in [2.75, 3.05) is 39.5 Å². The molecule has 6 rings (SSSR count). The van der Waals surface area contributed by atoms with Crippen molar-refractivity contribution in [1.82, 2.24) is 15.1 Å². The quantitative estimate of drug-likeness (QED) is 0.270. The van der Waals surface area contributed by atoms with E-state index in [1.807, 2.05) is 38.1 Å². The molecule has 0 atom stereocenters. The molecule has 0 unspecified atom stereocenters. The highest BCUT2D eigenvalue weighted by molar-refractivity contribution is 5.87. The molecule has 0 radical (unpaired) electrons. The number of benzene rings is 2. The van der Waals surface area contributed by atoms with Crippen molar-refractivity contribution in [3.63, 3.8) is 0 Å². The van der Waals surface area contributed by atoms with Gasteiger partial charge < -0.3 is 27.9 Å². The average molecular weight is 504 g/mol. The molecular formula is C29H33N3O5. The fourth-order valence-corrected chi connectivity index (χ4v) is 5.11. The highest BCUT2D eigenvalue weighted by Crippen LogP contribution is 2.37. The molecule has 194 valence electrons. The number of rotatable bonds is 8. The molecule has 1 saturated heterocycles. The Hall–Kier alpha value is -3.52. The minimum atomic E-state index is 0.170. The van der Waals surface area contributed by atoms with Gasteiger partial charge in [-0.3, -0.25) is 0 Å². The first-order valence-corrected chi connectivity index (χ1v) is 13.2. The summed E-state index contributed by atoms with van der Waals surface area (Å²) in [6, 6.07) is 14.2. The van der Waals surface area contributed by atoms with E-state index in [4.69, 9.17) is 23.0 Å². The first-order chi connectivity index (χ1) is 18.1. The zero-order valence-corrected chi connectivity index (χ0v) is 21.4. The third-order valence-corrected chi connectivity index (χ3v) is 7.17. The maximum atomic E-state index is 6.17. The van der Waals surface area contributed by atoms with Gasteiger partial charge in [0.2, 0.25) is 5.89 Å². The van der Waals surface area contributed by atoms with E-state index in [1.165, 1.54) is 5.56 Å². The molecule has 8 heteroatoms. The molecule has 2 aliphatic rings. The lowest BCUT2D eigenvalue weighted by molar-refractivity contribution is 0.170. The van der Waals surface area contributed by atoms with Crippen LogP contribution in [0.4, 0.5) is 0 Å². The molecule has 2 aliphatic heterocycles. The van der Waals surface area contributed by atoms with Crippen LogP contribution in [0.15, 0.2) is 51.3 Å². The number of nitrogens with zero attached hydrogens (tertiary/aromatic N) is 3. The molecule has 2 aromatic carbocycles. The summed E-state index contributed by atoms with van der Waals surface area (Å²) in [6.07, 6.45) is 3.29. The molecule has 8 nitrogen and oxygen atoms in total.